The van der Waals surface area contributed by atoms with Gasteiger partial charge in [0.05, 0.1) is 19.2 Å². The first-order valence-corrected chi connectivity index (χ1v) is 15.1. The minimum absolute atomic E-state index is 0.00349. The van der Waals surface area contributed by atoms with Crippen LogP contribution >= 0.6 is 11.3 Å². The number of aromatic nitrogens is 1. The van der Waals surface area contributed by atoms with E-state index in [0.29, 0.717) is 25.8 Å². The van der Waals surface area contributed by atoms with Gasteiger partial charge >= 0.3 is 24.2 Å². The normalized spacial score (nSPS) is 12.1. The van der Waals surface area contributed by atoms with E-state index in [1.165, 1.54) is 10.3 Å². The molecule has 0 unspecified atom stereocenters. The number of hydrogen-bond donors (Lipinski definition) is 2. The molecule has 12 nitrogen and oxygen atoms in total. The molecule has 2 N–H and O–H groups in total. The summed E-state index contributed by atoms with van der Waals surface area (Å²) in [7, 11) is 0. The number of amides is 3. The zero-order valence-corrected chi connectivity index (χ0v) is 26.9. The molecule has 1 aromatic heterocycles. The van der Waals surface area contributed by atoms with E-state index in [-0.39, 0.29) is 30.6 Å². The highest BCUT2D eigenvalue weighted by Gasteiger charge is 2.30. The number of unbranched alkanes of at least 4 members (excludes halogenated alkanes) is 1. The molecule has 13 heteroatoms. The van der Waals surface area contributed by atoms with E-state index in [1.807, 2.05) is 30.3 Å². The summed E-state index contributed by atoms with van der Waals surface area (Å²) in [6, 6.07) is 8.80. The zero-order chi connectivity index (χ0) is 32.0. The van der Waals surface area contributed by atoms with Crippen molar-refractivity contribution in [2.75, 3.05) is 24.6 Å². The highest BCUT2D eigenvalue weighted by Crippen LogP contribution is 2.25. The summed E-state index contributed by atoms with van der Waals surface area (Å²) in [5.41, 5.74) is -0.575. The van der Waals surface area contributed by atoms with Crippen molar-refractivity contribution in [1.29, 1.82) is 0 Å². The first-order valence-electron chi connectivity index (χ1n) is 14.2. The second-order valence-electron chi connectivity index (χ2n) is 11.7. The van der Waals surface area contributed by atoms with Gasteiger partial charge in [0.15, 0.2) is 10.8 Å². The van der Waals surface area contributed by atoms with Crippen LogP contribution in [-0.4, -0.2) is 66.2 Å². The highest BCUT2D eigenvalue weighted by atomic mass is 32.1. The summed E-state index contributed by atoms with van der Waals surface area (Å²) in [5.74, 6) is -0.604. The van der Waals surface area contributed by atoms with Crippen molar-refractivity contribution in [2.24, 2.45) is 0 Å². The monoisotopic (exact) mass is 620 g/mol. The Labute approximate surface area is 257 Å². The van der Waals surface area contributed by atoms with Gasteiger partial charge in [-0.2, -0.15) is 0 Å². The molecule has 3 amide bonds. The second-order valence-corrected chi connectivity index (χ2v) is 12.5. The lowest BCUT2D eigenvalue weighted by Crippen LogP contribution is -2.48. The van der Waals surface area contributed by atoms with Crippen molar-refractivity contribution < 1.29 is 38.1 Å². The molecule has 0 bridgehead atoms. The first-order chi connectivity index (χ1) is 20.2. The third-order valence-electron chi connectivity index (χ3n) is 5.41. The quantitative estimate of drug-likeness (QED) is 0.155. The van der Waals surface area contributed by atoms with Gasteiger partial charge in [-0.3, -0.25) is 4.90 Å². The van der Waals surface area contributed by atoms with Crippen LogP contribution in [0.3, 0.4) is 0 Å². The van der Waals surface area contributed by atoms with Gasteiger partial charge in [0.1, 0.15) is 17.8 Å². The molecule has 2 rings (SSSR count). The number of nitrogens with one attached hydrogen (secondary N) is 2. The average molecular weight is 621 g/mol. The number of alkyl carbamates (subject to hydrolysis) is 2. The van der Waals surface area contributed by atoms with Crippen molar-refractivity contribution >= 4 is 40.7 Å². The predicted molar refractivity (Wildman–Crippen MR) is 163 cm³/mol. The van der Waals surface area contributed by atoms with Crippen LogP contribution in [-0.2, 0) is 25.6 Å². The Morgan fingerprint density at radius 2 is 1.60 bits per heavy atom. The summed E-state index contributed by atoms with van der Waals surface area (Å²) in [4.78, 5) is 55.9. The molecule has 2 aromatic rings. The largest absolute Gasteiger partial charge is 0.461 e. The Kier molecular flexibility index (Phi) is 13.7. The Hall–Kier alpha value is -3.87. The summed E-state index contributed by atoms with van der Waals surface area (Å²) in [6.45, 7) is 12.9. The first kappa shape index (κ1) is 35.3. The standard InChI is InChI=1S/C30H44N4O8S/c1-8-39-24(35)23-20-43-25(33-23)34(28(38)42-30(5,6)7)18-22(32-27(37)41-29(2,3)4)16-12-13-17-31-26(36)40-19-21-14-10-9-11-15-21/h9-11,14-15,20,22H,8,12-13,16-19H2,1-7H3,(H,31,36)(H,32,37)/t22-/m0/s1. The van der Waals surface area contributed by atoms with Crippen molar-refractivity contribution in [3.63, 3.8) is 0 Å². The summed E-state index contributed by atoms with van der Waals surface area (Å²) in [5, 5.41) is 7.29. The molecule has 0 spiro atoms. The molecular formula is C30H44N4O8S. The minimum atomic E-state index is -0.800. The van der Waals surface area contributed by atoms with Gasteiger partial charge in [-0.15, -0.1) is 11.3 Å². The van der Waals surface area contributed by atoms with E-state index < -0.39 is 41.5 Å². The maximum atomic E-state index is 13.3. The van der Waals surface area contributed by atoms with E-state index in [1.54, 1.807) is 48.5 Å². The number of carbonyl (C=O) groups excluding carboxylic acids is 4. The number of hydrogen-bond acceptors (Lipinski definition) is 10. The van der Waals surface area contributed by atoms with Gasteiger partial charge in [0.2, 0.25) is 0 Å². The minimum Gasteiger partial charge on any atom is -0.461 e. The van der Waals surface area contributed by atoms with E-state index in [2.05, 4.69) is 15.6 Å². The molecule has 0 aliphatic carbocycles. The lowest BCUT2D eigenvalue weighted by Gasteiger charge is -2.30. The lowest BCUT2D eigenvalue weighted by atomic mass is 10.1. The van der Waals surface area contributed by atoms with E-state index in [4.69, 9.17) is 18.9 Å². The molecular weight excluding hydrogens is 576 g/mol. The number of carbonyl (C=O) groups is 4. The zero-order valence-electron chi connectivity index (χ0n) is 26.1. The summed E-state index contributed by atoms with van der Waals surface area (Å²) in [6.07, 6.45) is -0.233. The van der Waals surface area contributed by atoms with E-state index in [9.17, 15) is 19.2 Å². The van der Waals surface area contributed by atoms with Gasteiger partial charge in [-0.1, -0.05) is 30.3 Å². The molecule has 1 aromatic carbocycles. The predicted octanol–water partition coefficient (Wildman–Crippen LogP) is 6.05. The fourth-order valence-corrected chi connectivity index (χ4v) is 4.41. The Balaban J connectivity index is 2.09. The van der Waals surface area contributed by atoms with Crippen LogP contribution in [0.4, 0.5) is 19.5 Å². The number of thiazole rings is 1. The maximum Gasteiger partial charge on any atom is 0.416 e. The number of nitrogens with zero attached hydrogens (tertiary/aromatic N) is 2. The number of benzene rings is 1. The Morgan fingerprint density at radius 1 is 0.930 bits per heavy atom. The van der Waals surface area contributed by atoms with Crippen molar-refractivity contribution in [1.82, 2.24) is 15.6 Å². The molecule has 0 radical (unpaired) electrons. The molecule has 238 valence electrons. The van der Waals surface area contributed by atoms with Crippen LogP contribution in [0.5, 0.6) is 0 Å². The van der Waals surface area contributed by atoms with Crippen LogP contribution in [0.1, 0.15) is 83.8 Å². The SMILES string of the molecule is CCOC(=O)c1csc(N(C[C@H](CCCCNC(=O)OCc2ccccc2)NC(=O)OC(C)(C)C)C(=O)OC(C)(C)C)n1. The van der Waals surface area contributed by atoms with Crippen molar-refractivity contribution in [3.8, 4) is 0 Å². The smallest absolute Gasteiger partial charge is 0.416 e. The number of anilines is 1. The second kappa shape index (κ2) is 16.7. The fraction of sp³-hybridized carbons (Fsp3) is 0.567. The van der Waals surface area contributed by atoms with E-state index in [0.717, 1.165) is 16.9 Å². The molecule has 0 fully saturated rings. The van der Waals surface area contributed by atoms with Gasteiger partial charge in [0.25, 0.3) is 0 Å². The molecule has 0 saturated carbocycles. The van der Waals surface area contributed by atoms with Gasteiger partial charge in [-0.25, -0.2) is 24.2 Å². The molecule has 43 heavy (non-hydrogen) atoms. The van der Waals surface area contributed by atoms with E-state index >= 15 is 0 Å². The highest BCUT2D eigenvalue weighted by molar-refractivity contribution is 7.14. The molecule has 1 heterocycles. The maximum absolute atomic E-state index is 13.3. The van der Waals surface area contributed by atoms with Gasteiger partial charge in [-0.05, 0) is 73.3 Å². The summed E-state index contributed by atoms with van der Waals surface area (Å²) >= 11 is 1.08. The summed E-state index contributed by atoms with van der Waals surface area (Å²) < 4.78 is 21.3. The fourth-order valence-electron chi connectivity index (χ4n) is 3.62. The average Bonchev–Trinajstić information content (AvgIpc) is 3.39. The van der Waals surface area contributed by atoms with Crippen LogP contribution in [0, 0.1) is 0 Å². The van der Waals surface area contributed by atoms with Gasteiger partial charge in [0, 0.05) is 11.9 Å². The van der Waals surface area contributed by atoms with Crippen molar-refractivity contribution in [3.05, 3.63) is 47.0 Å². The third kappa shape index (κ3) is 14.2. The lowest BCUT2D eigenvalue weighted by molar-refractivity contribution is 0.0483. The number of rotatable bonds is 13. The number of esters is 1. The topological polar surface area (TPSA) is 145 Å². The Morgan fingerprint density at radius 3 is 2.23 bits per heavy atom. The molecule has 1 atom stereocenters. The molecule has 0 aliphatic heterocycles. The van der Waals surface area contributed by atoms with Crippen LogP contribution in [0.15, 0.2) is 35.7 Å². The third-order valence-corrected chi connectivity index (χ3v) is 6.27. The molecule has 0 saturated heterocycles. The van der Waals surface area contributed by atoms with Crippen LogP contribution in [0.2, 0.25) is 0 Å². The van der Waals surface area contributed by atoms with Crippen LogP contribution < -0.4 is 15.5 Å². The molecule has 0 aliphatic rings. The van der Waals surface area contributed by atoms with Gasteiger partial charge < -0.3 is 29.6 Å². The van der Waals surface area contributed by atoms with Crippen LogP contribution in [0.25, 0.3) is 0 Å². The number of ether oxygens (including phenoxy) is 4. The van der Waals surface area contributed by atoms with Crippen molar-refractivity contribution in [2.45, 2.75) is 91.6 Å². The Bertz CT molecular complexity index is 1190.